The lowest BCUT2D eigenvalue weighted by atomic mass is 9.85. The number of nitrogens with two attached hydrogens (primary N) is 1. The Morgan fingerprint density at radius 2 is 1.94 bits per heavy atom. The summed E-state index contributed by atoms with van der Waals surface area (Å²) in [7, 11) is 0. The van der Waals surface area contributed by atoms with Gasteiger partial charge in [0.05, 0.1) is 5.69 Å². The number of hydrogen-bond donors (Lipinski definition) is 1. The molecule has 0 bridgehead atoms. The van der Waals surface area contributed by atoms with Gasteiger partial charge in [-0.15, -0.1) is 0 Å². The minimum absolute atomic E-state index is 0.328. The van der Waals surface area contributed by atoms with Crippen molar-refractivity contribution in [3.05, 3.63) is 17.2 Å². The molecule has 3 rings (SSSR count). The maximum absolute atomic E-state index is 6.06. The smallest absolute Gasteiger partial charge is 0.106 e. The van der Waals surface area contributed by atoms with Crippen LogP contribution in [-0.2, 0) is 13.0 Å². The molecular weight excluding hydrogens is 210 g/mol. The normalized spacial score (nSPS) is 25.9. The van der Waals surface area contributed by atoms with Crippen LogP contribution >= 0.6 is 0 Å². The highest BCUT2D eigenvalue weighted by molar-refractivity contribution is 5.23. The summed E-state index contributed by atoms with van der Waals surface area (Å²) in [4.78, 5) is 4.86. The van der Waals surface area contributed by atoms with Crippen molar-refractivity contribution in [2.75, 3.05) is 0 Å². The maximum Gasteiger partial charge on any atom is 0.106 e. The third-order valence-corrected chi connectivity index (χ3v) is 4.46. The summed E-state index contributed by atoms with van der Waals surface area (Å²) in [5.41, 5.74) is 8.97. The number of imidazole rings is 1. The fourth-order valence-corrected chi connectivity index (χ4v) is 3.49. The monoisotopic (exact) mass is 233 g/mol. The molecule has 1 unspecified atom stereocenters. The summed E-state index contributed by atoms with van der Waals surface area (Å²) >= 11 is 0. The van der Waals surface area contributed by atoms with E-state index in [0.29, 0.717) is 6.04 Å². The Bertz CT molecular complexity index is 402. The largest absolute Gasteiger partial charge is 0.330 e. The molecule has 3 heteroatoms. The van der Waals surface area contributed by atoms with Crippen LogP contribution in [0.1, 0.15) is 61.7 Å². The number of aryl methyl sites for hydroxylation is 1. The van der Waals surface area contributed by atoms with E-state index in [2.05, 4.69) is 11.5 Å². The van der Waals surface area contributed by atoms with E-state index in [9.17, 15) is 0 Å². The molecule has 1 aliphatic heterocycles. The molecule has 0 aromatic carbocycles. The third kappa shape index (κ3) is 2.01. The first-order valence-electron chi connectivity index (χ1n) is 7.07. The molecular formula is C14H23N3. The van der Waals surface area contributed by atoms with Crippen molar-refractivity contribution in [2.45, 2.75) is 70.4 Å². The fourth-order valence-electron chi connectivity index (χ4n) is 3.49. The van der Waals surface area contributed by atoms with Crippen LogP contribution < -0.4 is 5.73 Å². The lowest BCUT2D eigenvalue weighted by Gasteiger charge is -2.25. The molecule has 0 spiro atoms. The first kappa shape index (κ1) is 11.3. The Kier molecular flexibility index (Phi) is 2.95. The first-order valence-corrected chi connectivity index (χ1v) is 7.07. The van der Waals surface area contributed by atoms with Gasteiger partial charge in [0.25, 0.3) is 0 Å². The van der Waals surface area contributed by atoms with Crippen molar-refractivity contribution >= 4 is 0 Å². The molecule has 1 fully saturated rings. The van der Waals surface area contributed by atoms with Crippen molar-refractivity contribution in [1.82, 2.24) is 9.55 Å². The molecule has 94 valence electrons. The Labute approximate surface area is 103 Å². The summed E-state index contributed by atoms with van der Waals surface area (Å²) in [6.45, 7) is 3.11. The van der Waals surface area contributed by atoms with Gasteiger partial charge in [0, 0.05) is 24.2 Å². The molecule has 17 heavy (non-hydrogen) atoms. The number of aromatic nitrogens is 2. The Balaban J connectivity index is 1.92. The molecule has 2 aliphatic rings. The van der Waals surface area contributed by atoms with Gasteiger partial charge in [0.15, 0.2) is 0 Å². The van der Waals surface area contributed by atoms with Crippen molar-refractivity contribution < 1.29 is 0 Å². The molecule has 1 saturated carbocycles. The van der Waals surface area contributed by atoms with Crippen LogP contribution in [0.2, 0.25) is 0 Å². The highest BCUT2D eigenvalue weighted by Gasteiger charge is 2.27. The van der Waals surface area contributed by atoms with Crippen LogP contribution in [0, 0.1) is 6.92 Å². The Morgan fingerprint density at radius 3 is 2.71 bits per heavy atom. The van der Waals surface area contributed by atoms with Crippen molar-refractivity contribution in [2.24, 2.45) is 5.73 Å². The van der Waals surface area contributed by atoms with Crippen LogP contribution in [-0.4, -0.2) is 15.6 Å². The molecule has 1 aliphatic carbocycles. The van der Waals surface area contributed by atoms with Crippen LogP contribution in [0.25, 0.3) is 0 Å². The van der Waals surface area contributed by atoms with E-state index in [4.69, 9.17) is 10.7 Å². The predicted octanol–water partition coefficient (Wildman–Crippen LogP) is 2.51. The van der Waals surface area contributed by atoms with Gasteiger partial charge in [-0.05, 0) is 32.6 Å². The zero-order valence-electron chi connectivity index (χ0n) is 10.8. The summed E-state index contributed by atoms with van der Waals surface area (Å²) in [6, 6.07) is 0.328. The molecule has 3 nitrogen and oxygen atoms in total. The second kappa shape index (κ2) is 4.45. The Morgan fingerprint density at radius 1 is 1.18 bits per heavy atom. The van der Waals surface area contributed by atoms with Gasteiger partial charge >= 0.3 is 0 Å². The first-order chi connectivity index (χ1) is 8.25. The standard InChI is InChI=1S/C14H23N3/c1-10-16-14(11-5-3-2-4-6-11)13-8-7-12(15)9-17(10)13/h11-12H,2-9,15H2,1H3. The summed E-state index contributed by atoms with van der Waals surface area (Å²) in [6.07, 6.45) is 9.13. The summed E-state index contributed by atoms with van der Waals surface area (Å²) < 4.78 is 2.37. The van der Waals surface area contributed by atoms with Crippen LogP contribution in [0.5, 0.6) is 0 Å². The number of rotatable bonds is 1. The molecule has 0 saturated heterocycles. The van der Waals surface area contributed by atoms with Crippen molar-refractivity contribution in [3.8, 4) is 0 Å². The Hall–Kier alpha value is -0.830. The molecule has 1 aromatic heterocycles. The van der Waals surface area contributed by atoms with E-state index in [0.717, 1.165) is 25.3 Å². The lowest BCUT2D eigenvalue weighted by Crippen LogP contribution is -2.32. The number of fused-ring (bicyclic) bond motifs is 1. The van der Waals surface area contributed by atoms with Gasteiger partial charge < -0.3 is 10.3 Å². The van der Waals surface area contributed by atoms with Gasteiger partial charge in [0.2, 0.25) is 0 Å². The van der Waals surface area contributed by atoms with E-state index in [-0.39, 0.29) is 0 Å². The lowest BCUT2D eigenvalue weighted by molar-refractivity contribution is 0.422. The van der Waals surface area contributed by atoms with E-state index in [1.165, 1.54) is 49.3 Å². The van der Waals surface area contributed by atoms with Crippen LogP contribution in [0.3, 0.4) is 0 Å². The quantitative estimate of drug-likeness (QED) is 0.810. The van der Waals surface area contributed by atoms with Gasteiger partial charge in [-0.2, -0.15) is 0 Å². The fraction of sp³-hybridized carbons (Fsp3) is 0.786. The predicted molar refractivity (Wildman–Crippen MR) is 69.1 cm³/mol. The van der Waals surface area contributed by atoms with Crippen molar-refractivity contribution in [3.63, 3.8) is 0 Å². The highest BCUT2D eigenvalue weighted by Crippen LogP contribution is 2.35. The van der Waals surface area contributed by atoms with E-state index in [1.807, 2.05) is 0 Å². The van der Waals surface area contributed by atoms with E-state index >= 15 is 0 Å². The SMILES string of the molecule is Cc1nc(C2CCCCC2)c2n1CC(N)CC2. The van der Waals surface area contributed by atoms with Crippen LogP contribution in [0.15, 0.2) is 0 Å². The minimum atomic E-state index is 0.328. The molecule has 2 heterocycles. The van der Waals surface area contributed by atoms with Gasteiger partial charge in [-0.25, -0.2) is 4.98 Å². The van der Waals surface area contributed by atoms with Gasteiger partial charge in [0.1, 0.15) is 5.82 Å². The molecule has 1 aromatic rings. The second-order valence-corrected chi connectivity index (χ2v) is 5.74. The average Bonchev–Trinajstić information content (AvgIpc) is 2.68. The topological polar surface area (TPSA) is 43.8 Å². The number of hydrogen-bond acceptors (Lipinski definition) is 2. The van der Waals surface area contributed by atoms with Crippen molar-refractivity contribution in [1.29, 1.82) is 0 Å². The number of nitrogens with zero attached hydrogens (tertiary/aromatic N) is 2. The van der Waals surface area contributed by atoms with Crippen LogP contribution in [0.4, 0.5) is 0 Å². The minimum Gasteiger partial charge on any atom is -0.330 e. The highest BCUT2D eigenvalue weighted by atomic mass is 15.1. The molecule has 1 atom stereocenters. The molecule has 0 radical (unpaired) electrons. The second-order valence-electron chi connectivity index (χ2n) is 5.74. The summed E-state index contributed by atoms with van der Waals surface area (Å²) in [5.74, 6) is 1.91. The van der Waals surface area contributed by atoms with E-state index < -0.39 is 0 Å². The van der Waals surface area contributed by atoms with E-state index in [1.54, 1.807) is 0 Å². The molecule has 2 N–H and O–H groups in total. The van der Waals surface area contributed by atoms with Gasteiger partial charge in [-0.1, -0.05) is 19.3 Å². The average molecular weight is 233 g/mol. The zero-order chi connectivity index (χ0) is 11.8. The zero-order valence-corrected chi connectivity index (χ0v) is 10.8. The molecule has 0 amide bonds. The third-order valence-electron chi connectivity index (χ3n) is 4.46. The summed E-state index contributed by atoms with van der Waals surface area (Å²) in [5, 5.41) is 0. The maximum atomic E-state index is 6.06. The van der Waals surface area contributed by atoms with Gasteiger partial charge in [-0.3, -0.25) is 0 Å².